The van der Waals surface area contributed by atoms with Crippen molar-refractivity contribution in [2.75, 3.05) is 13.2 Å². The van der Waals surface area contributed by atoms with Gasteiger partial charge in [-0.3, -0.25) is 4.52 Å². The van der Waals surface area contributed by atoms with Crippen LogP contribution in [-0.4, -0.2) is 23.4 Å². The average Bonchev–Trinajstić information content (AvgIpc) is 2.71. The van der Waals surface area contributed by atoms with Crippen molar-refractivity contribution in [1.29, 1.82) is 0 Å². The molecule has 0 N–H and O–H groups in total. The summed E-state index contributed by atoms with van der Waals surface area (Å²) in [6.45, 7) is 2.21. The van der Waals surface area contributed by atoms with Crippen molar-refractivity contribution in [1.82, 2.24) is 10.1 Å². The van der Waals surface area contributed by atoms with Crippen LogP contribution >= 0.6 is 0 Å². The van der Waals surface area contributed by atoms with Gasteiger partial charge in [0.05, 0.1) is 0 Å². The molecule has 1 heterocycles. The van der Waals surface area contributed by atoms with Gasteiger partial charge >= 0.3 is 6.08 Å². The third kappa shape index (κ3) is 3.44. The van der Waals surface area contributed by atoms with Crippen molar-refractivity contribution in [2.24, 2.45) is 0 Å². The quantitative estimate of drug-likeness (QED) is 0.745. The summed E-state index contributed by atoms with van der Waals surface area (Å²) in [7, 11) is 0. The highest BCUT2D eigenvalue weighted by Gasteiger charge is 2.02. The van der Waals surface area contributed by atoms with E-state index in [4.69, 9.17) is 14.0 Å². The molecule has 6 heteroatoms. The van der Waals surface area contributed by atoms with Crippen LogP contribution in [0.3, 0.4) is 0 Å². The first-order valence-corrected chi connectivity index (χ1v) is 5.05. The summed E-state index contributed by atoms with van der Waals surface area (Å²) < 4.78 is 27.9. The summed E-state index contributed by atoms with van der Waals surface area (Å²) in [5.41, 5.74) is 0. The molecular weight excluding hydrogens is 227 g/mol. The lowest BCUT2D eigenvalue weighted by atomic mass is 10.3. The number of rotatable bonds is 5. The van der Waals surface area contributed by atoms with E-state index < -0.39 is 0 Å². The number of aryl methyl sites for hydroxylation is 1. The Morgan fingerprint density at radius 2 is 2.12 bits per heavy atom. The topological polar surface area (TPSA) is 57.4 Å². The van der Waals surface area contributed by atoms with Crippen LogP contribution in [0.15, 0.2) is 28.8 Å². The molecule has 2 rings (SSSR count). The van der Waals surface area contributed by atoms with Crippen LogP contribution in [0.25, 0.3) is 0 Å². The first kappa shape index (κ1) is 11.4. The molecule has 0 atom stereocenters. The van der Waals surface area contributed by atoms with Crippen LogP contribution in [0.1, 0.15) is 5.82 Å². The van der Waals surface area contributed by atoms with Crippen LogP contribution in [0, 0.1) is 12.7 Å². The summed E-state index contributed by atoms with van der Waals surface area (Å²) in [5, 5.41) is 3.56. The first-order valence-electron chi connectivity index (χ1n) is 5.05. The normalized spacial score (nSPS) is 10.2. The summed E-state index contributed by atoms with van der Waals surface area (Å²) in [6.07, 6.45) is 0.102. The van der Waals surface area contributed by atoms with E-state index in [-0.39, 0.29) is 25.1 Å². The van der Waals surface area contributed by atoms with Gasteiger partial charge in [0.25, 0.3) is 0 Å². The van der Waals surface area contributed by atoms with Crippen LogP contribution in [0.2, 0.25) is 0 Å². The number of benzene rings is 1. The number of hydrogen-bond acceptors (Lipinski definition) is 5. The van der Waals surface area contributed by atoms with E-state index >= 15 is 0 Å². The third-order valence-electron chi connectivity index (χ3n) is 1.88. The Labute approximate surface area is 97.2 Å². The number of aromatic nitrogens is 2. The van der Waals surface area contributed by atoms with Gasteiger partial charge < -0.3 is 9.47 Å². The first-order chi connectivity index (χ1) is 8.24. The Kier molecular flexibility index (Phi) is 3.54. The lowest BCUT2D eigenvalue weighted by molar-refractivity contribution is 0.162. The summed E-state index contributed by atoms with van der Waals surface area (Å²) in [6, 6.07) is 5.90. The molecule has 0 unspecified atom stereocenters. The van der Waals surface area contributed by atoms with Crippen LogP contribution in [-0.2, 0) is 0 Å². The molecule has 0 saturated heterocycles. The van der Waals surface area contributed by atoms with E-state index in [1.807, 2.05) is 0 Å². The highest BCUT2D eigenvalue weighted by atomic mass is 19.1. The third-order valence-corrected chi connectivity index (χ3v) is 1.88. The van der Waals surface area contributed by atoms with Gasteiger partial charge in [0, 0.05) is 6.07 Å². The molecule has 0 bridgehead atoms. The number of hydrogen-bond donors (Lipinski definition) is 0. The van der Waals surface area contributed by atoms with Gasteiger partial charge in [-0.2, -0.15) is 4.98 Å². The Balaban J connectivity index is 1.73. The molecule has 90 valence electrons. The molecule has 1 aromatic heterocycles. The molecule has 0 aliphatic heterocycles. The van der Waals surface area contributed by atoms with Crippen molar-refractivity contribution in [3.63, 3.8) is 0 Å². The molecule has 0 fully saturated rings. The van der Waals surface area contributed by atoms with Crippen molar-refractivity contribution < 1.29 is 18.4 Å². The second-order valence-electron chi connectivity index (χ2n) is 3.26. The van der Waals surface area contributed by atoms with Gasteiger partial charge in [0.2, 0.25) is 0 Å². The molecule has 0 radical (unpaired) electrons. The van der Waals surface area contributed by atoms with Crippen LogP contribution < -0.4 is 9.47 Å². The highest BCUT2D eigenvalue weighted by Crippen LogP contribution is 2.11. The fourth-order valence-electron chi connectivity index (χ4n) is 1.18. The summed E-state index contributed by atoms with van der Waals surface area (Å²) in [5.74, 6) is 0.623. The number of halogens is 1. The average molecular weight is 238 g/mol. The summed E-state index contributed by atoms with van der Waals surface area (Å²) >= 11 is 0. The van der Waals surface area contributed by atoms with Crippen molar-refractivity contribution in [3.05, 3.63) is 35.9 Å². The highest BCUT2D eigenvalue weighted by molar-refractivity contribution is 5.22. The lowest BCUT2D eigenvalue weighted by Crippen LogP contribution is -2.09. The number of nitrogens with zero attached hydrogens (tertiary/aromatic N) is 2. The minimum Gasteiger partial charge on any atom is -0.490 e. The largest absolute Gasteiger partial charge is 0.490 e. The van der Waals surface area contributed by atoms with Crippen molar-refractivity contribution >= 4 is 0 Å². The minimum atomic E-state index is -0.337. The van der Waals surface area contributed by atoms with E-state index in [1.165, 1.54) is 12.1 Å². The lowest BCUT2D eigenvalue weighted by Gasteiger charge is -2.05. The Morgan fingerprint density at radius 1 is 1.29 bits per heavy atom. The standard InChI is InChI=1S/C11H11FN2O3/c1-8-13-11(17-14-8)16-6-5-15-10-4-2-3-9(12)7-10/h2-4,7H,5-6H2,1H3. The molecule has 0 saturated carbocycles. The maximum atomic E-state index is 12.8. The van der Waals surface area contributed by atoms with E-state index in [9.17, 15) is 4.39 Å². The molecule has 0 aliphatic carbocycles. The summed E-state index contributed by atoms with van der Waals surface area (Å²) in [4.78, 5) is 3.85. The maximum absolute atomic E-state index is 12.8. The van der Waals surface area contributed by atoms with Gasteiger partial charge in [0.15, 0.2) is 5.82 Å². The maximum Gasteiger partial charge on any atom is 0.417 e. The fourth-order valence-corrected chi connectivity index (χ4v) is 1.18. The zero-order valence-corrected chi connectivity index (χ0v) is 9.22. The predicted molar refractivity (Wildman–Crippen MR) is 56.4 cm³/mol. The number of ether oxygens (including phenoxy) is 2. The molecule has 0 aliphatic rings. The monoisotopic (exact) mass is 238 g/mol. The Bertz CT molecular complexity index is 487. The molecule has 0 amide bonds. The molecule has 17 heavy (non-hydrogen) atoms. The van der Waals surface area contributed by atoms with Gasteiger partial charge in [-0.25, -0.2) is 4.39 Å². The van der Waals surface area contributed by atoms with Crippen molar-refractivity contribution in [3.8, 4) is 11.8 Å². The fraction of sp³-hybridized carbons (Fsp3) is 0.273. The van der Waals surface area contributed by atoms with Gasteiger partial charge in [-0.1, -0.05) is 11.2 Å². The molecule has 5 nitrogen and oxygen atoms in total. The van der Waals surface area contributed by atoms with E-state index in [0.29, 0.717) is 11.6 Å². The van der Waals surface area contributed by atoms with E-state index in [1.54, 1.807) is 19.1 Å². The Morgan fingerprint density at radius 3 is 2.82 bits per heavy atom. The SMILES string of the molecule is Cc1noc(OCCOc2cccc(F)c2)n1. The molecule has 0 spiro atoms. The molecule has 2 aromatic rings. The molecule has 1 aromatic carbocycles. The van der Waals surface area contributed by atoms with E-state index in [0.717, 1.165) is 0 Å². The second kappa shape index (κ2) is 5.29. The van der Waals surface area contributed by atoms with Crippen LogP contribution in [0.4, 0.5) is 4.39 Å². The van der Waals surface area contributed by atoms with Gasteiger partial charge in [-0.15, -0.1) is 0 Å². The smallest absolute Gasteiger partial charge is 0.417 e. The minimum absolute atomic E-state index is 0.102. The van der Waals surface area contributed by atoms with E-state index in [2.05, 4.69) is 10.1 Å². The predicted octanol–water partition coefficient (Wildman–Crippen LogP) is 1.97. The molecular formula is C11H11FN2O3. The zero-order valence-electron chi connectivity index (χ0n) is 9.22. The van der Waals surface area contributed by atoms with Crippen LogP contribution in [0.5, 0.6) is 11.8 Å². The Hall–Kier alpha value is -2.11. The zero-order chi connectivity index (χ0) is 12.1. The second-order valence-corrected chi connectivity index (χ2v) is 3.26. The van der Waals surface area contributed by atoms with Crippen molar-refractivity contribution in [2.45, 2.75) is 6.92 Å². The van der Waals surface area contributed by atoms with Gasteiger partial charge in [0.1, 0.15) is 24.8 Å². The van der Waals surface area contributed by atoms with Gasteiger partial charge in [-0.05, 0) is 19.1 Å².